The molecule has 1 saturated carbocycles. The maximum atomic E-state index is 13.4. The van der Waals surface area contributed by atoms with Crippen molar-refractivity contribution in [3.63, 3.8) is 0 Å². The minimum atomic E-state index is -0.592. The second-order valence-corrected chi connectivity index (χ2v) is 9.38. The van der Waals surface area contributed by atoms with Gasteiger partial charge in [-0.3, -0.25) is 19.6 Å². The summed E-state index contributed by atoms with van der Waals surface area (Å²) in [7, 11) is 0. The van der Waals surface area contributed by atoms with E-state index in [4.69, 9.17) is 4.98 Å². The van der Waals surface area contributed by atoms with Crippen LogP contribution in [0.3, 0.4) is 0 Å². The summed E-state index contributed by atoms with van der Waals surface area (Å²) >= 11 is 0. The summed E-state index contributed by atoms with van der Waals surface area (Å²) in [5.41, 5.74) is 2.03. The number of benzene rings is 1. The Balaban J connectivity index is 1.27. The van der Waals surface area contributed by atoms with Gasteiger partial charge < -0.3 is 4.90 Å². The second-order valence-electron chi connectivity index (χ2n) is 9.38. The predicted octanol–water partition coefficient (Wildman–Crippen LogP) is 4.07. The molecule has 7 nitrogen and oxygen atoms in total. The summed E-state index contributed by atoms with van der Waals surface area (Å²) in [6.07, 6.45) is 8.07. The molecule has 3 aliphatic rings. The molecule has 32 heavy (non-hydrogen) atoms. The summed E-state index contributed by atoms with van der Waals surface area (Å²) in [4.78, 5) is 34.6. The molecular weight excluding hydrogens is 402 g/mol. The quantitative estimate of drug-likeness (QED) is 0.788. The fourth-order valence-corrected chi connectivity index (χ4v) is 5.50. The van der Waals surface area contributed by atoms with Crippen molar-refractivity contribution < 1.29 is 9.59 Å². The van der Waals surface area contributed by atoms with E-state index in [9.17, 15) is 9.59 Å². The Morgan fingerprint density at radius 3 is 2.56 bits per heavy atom. The average molecular weight is 434 g/mol. The third kappa shape index (κ3) is 3.63. The lowest BCUT2D eigenvalue weighted by molar-refractivity contribution is -0.135. The number of H-pyrrole nitrogens is 1. The largest absolute Gasteiger partial charge is 0.340 e. The van der Waals surface area contributed by atoms with E-state index in [-0.39, 0.29) is 17.7 Å². The number of piperidine rings is 1. The summed E-state index contributed by atoms with van der Waals surface area (Å²) < 4.78 is 0. The van der Waals surface area contributed by atoms with Crippen LogP contribution in [0.5, 0.6) is 0 Å². The molecule has 2 atom stereocenters. The zero-order valence-electron chi connectivity index (χ0n) is 18.7. The third-order valence-electron chi connectivity index (χ3n) is 7.33. The predicted molar refractivity (Wildman–Crippen MR) is 122 cm³/mol. The van der Waals surface area contributed by atoms with Gasteiger partial charge in [0.15, 0.2) is 5.82 Å². The Morgan fingerprint density at radius 2 is 1.81 bits per heavy atom. The van der Waals surface area contributed by atoms with E-state index >= 15 is 0 Å². The van der Waals surface area contributed by atoms with Gasteiger partial charge in [-0.1, -0.05) is 44.0 Å². The van der Waals surface area contributed by atoms with Gasteiger partial charge in [0.2, 0.25) is 5.91 Å². The van der Waals surface area contributed by atoms with Crippen LogP contribution >= 0.6 is 0 Å². The molecule has 0 spiro atoms. The van der Waals surface area contributed by atoms with Gasteiger partial charge in [-0.25, -0.2) is 4.98 Å². The Bertz CT molecular complexity index is 1000. The van der Waals surface area contributed by atoms with Crippen molar-refractivity contribution in [1.82, 2.24) is 25.0 Å². The van der Waals surface area contributed by atoms with Crippen LogP contribution in [-0.2, 0) is 4.79 Å². The first-order valence-electron chi connectivity index (χ1n) is 11.9. The highest BCUT2D eigenvalue weighted by Gasteiger charge is 2.39. The fraction of sp³-hybridized carbons (Fsp3) is 0.520. The zero-order chi connectivity index (χ0) is 22.2. The number of aromatic nitrogens is 3. The molecule has 1 aromatic carbocycles. The minimum Gasteiger partial charge on any atom is -0.340 e. The molecule has 2 fully saturated rings. The van der Waals surface area contributed by atoms with Gasteiger partial charge in [0.25, 0.3) is 5.91 Å². The van der Waals surface area contributed by atoms with Crippen LogP contribution in [0.25, 0.3) is 5.70 Å². The SMILES string of the molecule is C=C1c2ccccc2C(=O)N1C(C)C(=O)N1CCCC(c2n[nH]c(C3CCCCC3)n2)C1. The number of carbonyl (C=O) groups is 2. The number of likely N-dealkylation sites (tertiary alicyclic amines) is 1. The standard InChI is InChI=1S/C25H31N5O2/c1-16-20-12-6-7-13-21(20)25(32)30(16)17(2)24(31)29-14-8-11-19(15-29)23-26-22(27-28-23)18-9-4-3-5-10-18/h6-7,12-13,17-19H,1,3-5,8-11,14-15H2,2H3,(H,26,27,28). The number of amides is 2. The normalized spacial score (nSPS) is 22.8. The average Bonchev–Trinajstić information content (AvgIpc) is 3.43. The Labute approximate surface area is 188 Å². The van der Waals surface area contributed by atoms with Gasteiger partial charge in [-0.15, -0.1) is 0 Å². The molecule has 2 aliphatic heterocycles. The van der Waals surface area contributed by atoms with Crippen molar-refractivity contribution in [2.24, 2.45) is 0 Å². The molecule has 7 heteroatoms. The molecule has 2 unspecified atom stereocenters. The van der Waals surface area contributed by atoms with Crippen LogP contribution in [0, 0.1) is 0 Å². The summed E-state index contributed by atoms with van der Waals surface area (Å²) in [6, 6.07) is 6.82. The second kappa shape index (κ2) is 8.52. The first-order chi connectivity index (χ1) is 15.5. The fourth-order valence-electron chi connectivity index (χ4n) is 5.50. The number of nitrogens with one attached hydrogen (secondary N) is 1. The molecule has 0 bridgehead atoms. The lowest BCUT2D eigenvalue weighted by Crippen LogP contribution is -2.49. The van der Waals surface area contributed by atoms with Gasteiger partial charge in [0, 0.05) is 41.7 Å². The molecule has 168 valence electrons. The summed E-state index contributed by atoms with van der Waals surface area (Å²) in [5, 5.41) is 7.71. The smallest absolute Gasteiger partial charge is 0.259 e. The monoisotopic (exact) mass is 433 g/mol. The molecule has 2 aromatic rings. The third-order valence-corrected chi connectivity index (χ3v) is 7.33. The number of nitrogens with zero attached hydrogens (tertiary/aromatic N) is 4. The van der Waals surface area contributed by atoms with E-state index in [1.165, 1.54) is 32.1 Å². The van der Waals surface area contributed by atoms with Crippen LogP contribution in [0.2, 0.25) is 0 Å². The zero-order valence-corrected chi connectivity index (χ0v) is 18.7. The minimum absolute atomic E-state index is 0.0416. The molecule has 1 N–H and O–H groups in total. The highest BCUT2D eigenvalue weighted by molar-refractivity contribution is 6.10. The highest BCUT2D eigenvalue weighted by atomic mass is 16.2. The Kier molecular flexibility index (Phi) is 5.57. The molecule has 2 amide bonds. The van der Waals surface area contributed by atoms with Gasteiger partial charge >= 0.3 is 0 Å². The number of hydrogen-bond donors (Lipinski definition) is 1. The molecule has 1 aromatic heterocycles. The maximum absolute atomic E-state index is 13.4. The number of hydrogen-bond acceptors (Lipinski definition) is 4. The van der Waals surface area contributed by atoms with Crippen LogP contribution in [0.4, 0.5) is 0 Å². The van der Waals surface area contributed by atoms with Crippen molar-refractivity contribution >= 4 is 17.5 Å². The van der Waals surface area contributed by atoms with Crippen molar-refractivity contribution in [3.8, 4) is 0 Å². The first kappa shape index (κ1) is 20.9. The maximum Gasteiger partial charge on any atom is 0.259 e. The van der Waals surface area contributed by atoms with E-state index in [0.29, 0.717) is 30.3 Å². The molecular formula is C25H31N5O2. The van der Waals surface area contributed by atoms with E-state index < -0.39 is 6.04 Å². The topological polar surface area (TPSA) is 82.2 Å². The lowest BCUT2D eigenvalue weighted by Gasteiger charge is -2.35. The van der Waals surface area contributed by atoms with Crippen molar-refractivity contribution in [3.05, 3.63) is 53.6 Å². The molecule has 1 saturated heterocycles. The lowest BCUT2D eigenvalue weighted by atomic mass is 9.89. The summed E-state index contributed by atoms with van der Waals surface area (Å²) in [6.45, 7) is 7.18. The van der Waals surface area contributed by atoms with Crippen molar-refractivity contribution in [1.29, 1.82) is 0 Å². The van der Waals surface area contributed by atoms with Crippen LogP contribution < -0.4 is 0 Å². The number of rotatable bonds is 4. The highest BCUT2D eigenvalue weighted by Crippen LogP contribution is 2.35. The number of fused-ring (bicyclic) bond motifs is 1. The molecule has 3 heterocycles. The van der Waals surface area contributed by atoms with Gasteiger partial charge in [-0.2, -0.15) is 5.10 Å². The van der Waals surface area contributed by atoms with Crippen LogP contribution in [-0.4, -0.2) is 55.9 Å². The van der Waals surface area contributed by atoms with Gasteiger partial charge in [0.05, 0.1) is 0 Å². The number of carbonyl (C=O) groups excluding carboxylic acids is 2. The molecule has 5 rings (SSSR count). The Hall–Kier alpha value is -2.96. The van der Waals surface area contributed by atoms with Crippen molar-refractivity contribution in [2.45, 2.75) is 69.7 Å². The molecule has 0 radical (unpaired) electrons. The van der Waals surface area contributed by atoms with Gasteiger partial charge in [-0.05, 0) is 38.7 Å². The Morgan fingerprint density at radius 1 is 1.09 bits per heavy atom. The van der Waals surface area contributed by atoms with E-state index in [0.717, 1.165) is 30.1 Å². The van der Waals surface area contributed by atoms with Crippen LogP contribution in [0.15, 0.2) is 30.8 Å². The summed E-state index contributed by atoms with van der Waals surface area (Å²) in [5.74, 6) is 2.26. The van der Waals surface area contributed by atoms with E-state index in [1.54, 1.807) is 17.9 Å². The number of aromatic amines is 1. The first-order valence-corrected chi connectivity index (χ1v) is 11.9. The van der Waals surface area contributed by atoms with E-state index in [1.807, 2.05) is 23.1 Å². The molecule has 1 aliphatic carbocycles. The van der Waals surface area contributed by atoms with E-state index in [2.05, 4.69) is 16.8 Å². The van der Waals surface area contributed by atoms with Crippen molar-refractivity contribution in [2.75, 3.05) is 13.1 Å². The van der Waals surface area contributed by atoms with Crippen LogP contribution in [0.1, 0.15) is 91.3 Å². The van der Waals surface area contributed by atoms with Gasteiger partial charge in [0.1, 0.15) is 11.9 Å².